The first-order valence-electron chi connectivity index (χ1n) is 4.05. The maximum Gasteiger partial charge on any atom is 0.0952 e. The molecule has 3 nitrogen and oxygen atoms in total. The van der Waals surface area contributed by atoms with Crippen molar-refractivity contribution in [2.75, 3.05) is 13.2 Å². The molecule has 1 aliphatic rings. The lowest BCUT2D eigenvalue weighted by atomic mass is 10.3. The number of aliphatic hydroxyl groups is 1. The minimum absolute atomic E-state index is 0.0466. The van der Waals surface area contributed by atoms with E-state index in [-0.39, 0.29) is 12.6 Å². The highest BCUT2D eigenvalue weighted by molar-refractivity contribution is 4.95. The summed E-state index contributed by atoms with van der Waals surface area (Å²) in [6.45, 7) is 2.68. The van der Waals surface area contributed by atoms with Crippen LogP contribution in [0.4, 0.5) is 0 Å². The van der Waals surface area contributed by atoms with Gasteiger partial charge in [0.05, 0.1) is 18.7 Å². The molecule has 1 rings (SSSR count). The van der Waals surface area contributed by atoms with Gasteiger partial charge in [-0.25, -0.2) is 0 Å². The molecule has 62 valence electrons. The summed E-state index contributed by atoms with van der Waals surface area (Å²) >= 11 is 0. The van der Waals surface area contributed by atoms with Crippen molar-refractivity contribution in [3.8, 4) is 6.07 Å². The molecule has 0 spiro atoms. The zero-order valence-corrected chi connectivity index (χ0v) is 6.82. The van der Waals surface area contributed by atoms with E-state index < -0.39 is 0 Å². The van der Waals surface area contributed by atoms with Crippen LogP contribution in [0.2, 0.25) is 0 Å². The third kappa shape index (κ3) is 2.18. The molecule has 0 radical (unpaired) electrons. The summed E-state index contributed by atoms with van der Waals surface area (Å²) in [6, 6.07) is 2.71. The fourth-order valence-electron chi connectivity index (χ4n) is 1.29. The second-order valence-electron chi connectivity index (χ2n) is 3.00. The molecule has 0 aromatic heterocycles. The molecule has 1 atom stereocenters. The summed E-state index contributed by atoms with van der Waals surface area (Å²) in [6.07, 6.45) is 2.37. The summed E-state index contributed by atoms with van der Waals surface area (Å²) in [4.78, 5) is 2.07. The number of hydrogen-bond donors (Lipinski definition) is 1. The van der Waals surface area contributed by atoms with Crippen LogP contribution >= 0.6 is 0 Å². The fourth-order valence-corrected chi connectivity index (χ4v) is 1.29. The first-order valence-corrected chi connectivity index (χ1v) is 4.05. The van der Waals surface area contributed by atoms with E-state index in [2.05, 4.69) is 11.0 Å². The van der Waals surface area contributed by atoms with Crippen LogP contribution in [0.3, 0.4) is 0 Å². The molecule has 1 fully saturated rings. The van der Waals surface area contributed by atoms with Gasteiger partial charge < -0.3 is 5.11 Å². The SMILES string of the molecule is CC(C#N)N(CCO)C1CC1. The van der Waals surface area contributed by atoms with Gasteiger partial charge >= 0.3 is 0 Å². The Kier molecular flexibility index (Phi) is 2.86. The predicted octanol–water partition coefficient (Wildman–Crippen LogP) is 0.355. The normalized spacial score (nSPS) is 19.8. The van der Waals surface area contributed by atoms with Crippen LogP contribution in [0.15, 0.2) is 0 Å². The summed E-state index contributed by atoms with van der Waals surface area (Å²) in [7, 11) is 0. The Hall–Kier alpha value is -0.590. The van der Waals surface area contributed by atoms with Gasteiger partial charge in [-0.2, -0.15) is 5.26 Å². The molecule has 1 aliphatic carbocycles. The van der Waals surface area contributed by atoms with Crippen LogP contribution in [0.5, 0.6) is 0 Å². The lowest BCUT2D eigenvalue weighted by Gasteiger charge is -2.22. The van der Waals surface area contributed by atoms with Gasteiger partial charge in [-0.1, -0.05) is 0 Å². The van der Waals surface area contributed by atoms with Crippen molar-refractivity contribution in [1.29, 1.82) is 5.26 Å². The van der Waals surface area contributed by atoms with Crippen LogP contribution in [0.1, 0.15) is 19.8 Å². The molecular weight excluding hydrogens is 140 g/mol. The largest absolute Gasteiger partial charge is 0.395 e. The Balaban J connectivity index is 2.38. The summed E-state index contributed by atoms with van der Waals surface area (Å²) in [5.41, 5.74) is 0. The maximum absolute atomic E-state index is 8.71. The zero-order chi connectivity index (χ0) is 8.27. The van der Waals surface area contributed by atoms with Crippen molar-refractivity contribution in [2.45, 2.75) is 31.8 Å². The highest BCUT2D eigenvalue weighted by atomic mass is 16.3. The van der Waals surface area contributed by atoms with Crippen LogP contribution in [0, 0.1) is 11.3 Å². The topological polar surface area (TPSA) is 47.3 Å². The van der Waals surface area contributed by atoms with Crippen molar-refractivity contribution in [1.82, 2.24) is 4.90 Å². The second-order valence-corrected chi connectivity index (χ2v) is 3.00. The molecule has 0 aliphatic heterocycles. The standard InChI is InChI=1S/C8H14N2O/c1-7(6-9)10(4-5-11)8-2-3-8/h7-8,11H,2-5H2,1H3. The van der Waals surface area contributed by atoms with E-state index in [0.29, 0.717) is 12.6 Å². The molecule has 0 heterocycles. The van der Waals surface area contributed by atoms with Gasteiger partial charge in [-0.3, -0.25) is 4.90 Å². The van der Waals surface area contributed by atoms with E-state index >= 15 is 0 Å². The highest BCUT2D eigenvalue weighted by Gasteiger charge is 2.31. The van der Waals surface area contributed by atoms with Crippen molar-refractivity contribution in [3.05, 3.63) is 0 Å². The fraction of sp³-hybridized carbons (Fsp3) is 0.875. The first-order chi connectivity index (χ1) is 5.29. The number of nitriles is 1. The van der Waals surface area contributed by atoms with Gasteiger partial charge in [0.25, 0.3) is 0 Å². The van der Waals surface area contributed by atoms with Gasteiger partial charge in [-0.15, -0.1) is 0 Å². The minimum Gasteiger partial charge on any atom is -0.395 e. The van der Waals surface area contributed by atoms with Crippen LogP contribution in [-0.4, -0.2) is 35.2 Å². The molecule has 0 amide bonds. The van der Waals surface area contributed by atoms with Gasteiger partial charge in [0.1, 0.15) is 0 Å². The molecule has 11 heavy (non-hydrogen) atoms. The van der Waals surface area contributed by atoms with Gasteiger partial charge in [0.2, 0.25) is 0 Å². The molecular formula is C8H14N2O. The van der Waals surface area contributed by atoms with Crippen molar-refractivity contribution >= 4 is 0 Å². The third-order valence-electron chi connectivity index (χ3n) is 2.06. The Bertz CT molecular complexity index is 160. The van der Waals surface area contributed by atoms with E-state index in [1.807, 2.05) is 6.92 Å². The van der Waals surface area contributed by atoms with Gasteiger partial charge in [0, 0.05) is 12.6 Å². The van der Waals surface area contributed by atoms with Crippen molar-refractivity contribution in [2.24, 2.45) is 0 Å². The van der Waals surface area contributed by atoms with Crippen LogP contribution < -0.4 is 0 Å². The molecule has 0 saturated heterocycles. The molecule has 0 aromatic carbocycles. The number of nitrogens with zero attached hydrogens (tertiary/aromatic N) is 2. The number of aliphatic hydroxyl groups excluding tert-OH is 1. The Morgan fingerprint density at radius 3 is 2.73 bits per heavy atom. The Morgan fingerprint density at radius 1 is 1.73 bits per heavy atom. The van der Waals surface area contributed by atoms with E-state index in [1.165, 1.54) is 12.8 Å². The Labute approximate surface area is 67.2 Å². The highest BCUT2D eigenvalue weighted by Crippen LogP contribution is 2.27. The molecule has 1 unspecified atom stereocenters. The van der Waals surface area contributed by atoms with E-state index in [1.54, 1.807) is 0 Å². The third-order valence-corrected chi connectivity index (χ3v) is 2.06. The molecule has 3 heteroatoms. The summed E-state index contributed by atoms with van der Waals surface area (Å²) in [5.74, 6) is 0. The lowest BCUT2D eigenvalue weighted by Crippen LogP contribution is -2.36. The first kappa shape index (κ1) is 8.51. The second kappa shape index (κ2) is 3.70. The molecule has 0 aromatic rings. The van der Waals surface area contributed by atoms with E-state index in [9.17, 15) is 0 Å². The zero-order valence-electron chi connectivity index (χ0n) is 6.82. The van der Waals surface area contributed by atoms with Gasteiger partial charge in [0.15, 0.2) is 0 Å². The maximum atomic E-state index is 8.71. The van der Waals surface area contributed by atoms with Gasteiger partial charge in [-0.05, 0) is 19.8 Å². The average Bonchev–Trinajstić information content (AvgIpc) is 2.81. The average molecular weight is 154 g/mol. The molecule has 1 saturated carbocycles. The smallest absolute Gasteiger partial charge is 0.0952 e. The van der Waals surface area contributed by atoms with Crippen molar-refractivity contribution < 1.29 is 5.11 Å². The Morgan fingerprint density at radius 2 is 2.36 bits per heavy atom. The van der Waals surface area contributed by atoms with E-state index in [4.69, 9.17) is 10.4 Å². The van der Waals surface area contributed by atoms with Crippen LogP contribution in [0.25, 0.3) is 0 Å². The van der Waals surface area contributed by atoms with E-state index in [0.717, 1.165) is 0 Å². The molecule has 0 bridgehead atoms. The minimum atomic E-state index is -0.0466. The van der Waals surface area contributed by atoms with Crippen LogP contribution in [-0.2, 0) is 0 Å². The molecule has 1 N–H and O–H groups in total. The summed E-state index contributed by atoms with van der Waals surface area (Å²) < 4.78 is 0. The summed E-state index contributed by atoms with van der Waals surface area (Å²) in [5, 5.41) is 17.3. The predicted molar refractivity (Wildman–Crippen MR) is 41.9 cm³/mol. The monoisotopic (exact) mass is 154 g/mol. The lowest BCUT2D eigenvalue weighted by molar-refractivity contribution is 0.173. The number of rotatable bonds is 4. The van der Waals surface area contributed by atoms with Crippen molar-refractivity contribution in [3.63, 3.8) is 0 Å². The number of hydrogen-bond acceptors (Lipinski definition) is 3. The quantitative estimate of drug-likeness (QED) is 0.635.